The Morgan fingerprint density at radius 2 is 1.58 bits per heavy atom. The number of hydrogen-bond donors (Lipinski definition) is 0. The first-order valence-corrected chi connectivity index (χ1v) is 6.48. The lowest BCUT2D eigenvalue weighted by molar-refractivity contribution is 0.319. The first-order chi connectivity index (χ1) is 9.20. The first kappa shape index (κ1) is 13.6. The van der Waals surface area contributed by atoms with Gasteiger partial charge in [-0.3, -0.25) is 4.90 Å². The van der Waals surface area contributed by atoms with Crippen LogP contribution in [0.2, 0.25) is 5.02 Å². The Labute approximate surface area is 118 Å². The van der Waals surface area contributed by atoms with E-state index in [0.717, 1.165) is 34.8 Å². The summed E-state index contributed by atoms with van der Waals surface area (Å²) in [6.07, 6.45) is 0. The Kier molecular flexibility index (Phi) is 4.57. The minimum absolute atomic E-state index is 0.730. The zero-order valence-corrected chi connectivity index (χ0v) is 11.6. The van der Waals surface area contributed by atoms with E-state index in [1.54, 1.807) is 0 Å². The minimum Gasteiger partial charge on any atom is -0.298 e. The van der Waals surface area contributed by atoms with Crippen LogP contribution in [0.15, 0.2) is 48.5 Å². The molecule has 0 saturated heterocycles. The lowest BCUT2D eigenvalue weighted by Gasteiger charge is -2.18. The van der Waals surface area contributed by atoms with Gasteiger partial charge in [-0.1, -0.05) is 48.0 Å². The third-order valence-corrected chi connectivity index (χ3v) is 3.34. The molecule has 0 saturated carbocycles. The van der Waals surface area contributed by atoms with Crippen molar-refractivity contribution in [3.05, 3.63) is 70.2 Å². The molecule has 0 aliphatic carbocycles. The Morgan fingerprint density at radius 1 is 1.00 bits per heavy atom. The lowest BCUT2D eigenvalue weighted by atomic mass is 10.1. The van der Waals surface area contributed by atoms with Crippen LogP contribution in [0.25, 0.3) is 0 Å². The normalized spacial score (nSPS) is 10.4. The van der Waals surface area contributed by atoms with E-state index >= 15 is 0 Å². The standard InChI is InChI=1S/C16H15ClN2/c1-19(12-15-8-4-5-9-16(15)17)11-14-7-3-2-6-13(14)10-18/h2-9H,11-12H2,1H3. The van der Waals surface area contributed by atoms with Crippen LogP contribution < -0.4 is 0 Å². The first-order valence-electron chi connectivity index (χ1n) is 6.10. The molecular weight excluding hydrogens is 256 g/mol. The number of benzene rings is 2. The second-order valence-corrected chi connectivity index (χ2v) is 4.94. The monoisotopic (exact) mass is 270 g/mol. The molecule has 0 N–H and O–H groups in total. The topological polar surface area (TPSA) is 27.0 Å². The van der Waals surface area contributed by atoms with E-state index < -0.39 is 0 Å². The molecule has 0 unspecified atom stereocenters. The Balaban J connectivity index is 2.08. The van der Waals surface area contributed by atoms with Crippen LogP contribution in [0, 0.1) is 11.3 Å². The minimum atomic E-state index is 0.730. The zero-order valence-electron chi connectivity index (χ0n) is 10.8. The van der Waals surface area contributed by atoms with Gasteiger partial charge in [-0.25, -0.2) is 0 Å². The molecule has 2 aromatic carbocycles. The van der Waals surface area contributed by atoms with Crippen molar-refractivity contribution in [1.82, 2.24) is 4.90 Å². The van der Waals surface area contributed by atoms with Gasteiger partial charge in [0.1, 0.15) is 0 Å². The predicted molar refractivity (Wildman–Crippen MR) is 77.8 cm³/mol. The highest BCUT2D eigenvalue weighted by Crippen LogP contribution is 2.18. The Hall–Kier alpha value is -1.82. The quantitative estimate of drug-likeness (QED) is 0.844. The van der Waals surface area contributed by atoms with Crippen LogP contribution in [0.4, 0.5) is 0 Å². The maximum atomic E-state index is 9.08. The summed E-state index contributed by atoms with van der Waals surface area (Å²) in [5, 5.41) is 9.86. The molecular formula is C16H15ClN2. The molecule has 19 heavy (non-hydrogen) atoms. The molecule has 2 rings (SSSR count). The van der Waals surface area contributed by atoms with Gasteiger partial charge < -0.3 is 0 Å². The van der Waals surface area contributed by atoms with Crippen molar-refractivity contribution >= 4 is 11.6 Å². The molecule has 96 valence electrons. The predicted octanol–water partition coefficient (Wildman–Crippen LogP) is 3.84. The van der Waals surface area contributed by atoms with E-state index in [-0.39, 0.29) is 0 Å². The third kappa shape index (κ3) is 3.57. The maximum Gasteiger partial charge on any atom is 0.0995 e. The number of nitriles is 1. The summed E-state index contributed by atoms with van der Waals surface area (Å²) in [6, 6.07) is 17.7. The summed E-state index contributed by atoms with van der Waals surface area (Å²) in [7, 11) is 2.03. The van der Waals surface area contributed by atoms with Gasteiger partial charge in [0.15, 0.2) is 0 Å². The Morgan fingerprint density at radius 3 is 2.26 bits per heavy atom. The average Bonchev–Trinajstić information content (AvgIpc) is 2.42. The van der Waals surface area contributed by atoms with E-state index in [0.29, 0.717) is 0 Å². The average molecular weight is 271 g/mol. The van der Waals surface area contributed by atoms with E-state index in [1.807, 2.05) is 55.6 Å². The lowest BCUT2D eigenvalue weighted by Crippen LogP contribution is -2.18. The largest absolute Gasteiger partial charge is 0.298 e. The van der Waals surface area contributed by atoms with Gasteiger partial charge in [0.05, 0.1) is 11.6 Å². The summed E-state index contributed by atoms with van der Waals surface area (Å²) < 4.78 is 0. The van der Waals surface area contributed by atoms with Crippen LogP contribution in [0.5, 0.6) is 0 Å². The highest BCUT2D eigenvalue weighted by atomic mass is 35.5. The second kappa shape index (κ2) is 6.38. The van der Waals surface area contributed by atoms with Gasteiger partial charge in [0.25, 0.3) is 0 Å². The van der Waals surface area contributed by atoms with Crippen molar-refractivity contribution in [3.63, 3.8) is 0 Å². The molecule has 3 heteroatoms. The number of nitrogens with zero attached hydrogens (tertiary/aromatic N) is 2. The van der Waals surface area contributed by atoms with Crippen LogP contribution >= 0.6 is 11.6 Å². The molecule has 0 amide bonds. The van der Waals surface area contributed by atoms with Gasteiger partial charge in [0, 0.05) is 18.1 Å². The van der Waals surface area contributed by atoms with Crippen LogP contribution in [-0.4, -0.2) is 11.9 Å². The molecule has 0 heterocycles. The molecule has 0 fully saturated rings. The SMILES string of the molecule is CN(Cc1ccccc1Cl)Cc1ccccc1C#N. The molecule has 0 aliphatic heterocycles. The highest BCUT2D eigenvalue weighted by Gasteiger charge is 2.07. The van der Waals surface area contributed by atoms with Crippen LogP contribution in [0.1, 0.15) is 16.7 Å². The number of hydrogen-bond acceptors (Lipinski definition) is 2. The molecule has 0 spiro atoms. The molecule has 0 bridgehead atoms. The summed E-state index contributed by atoms with van der Waals surface area (Å²) in [5.74, 6) is 0. The van der Waals surface area contributed by atoms with E-state index in [4.69, 9.17) is 16.9 Å². The fourth-order valence-corrected chi connectivity index (χ4v) is 2.23. The van der Waals surface area contributed by atoms with Crippen LogP contribution in [-0.2, 0) is 13.1 Å². The highest BCUT2D eigenvalue weighted by molar-refractivity contribution is 6.31. The van der Waals surface area contributed by atoms with Crippen molar-refractivity contribution in [1.29, 1.82) is 5.26 Å². The zero-order chi connectivity index (χ0) is 13.7. The molecule has 0 radical (unpaired) electrons. The molecule has 2 nitrogen and oxygen atoms in total. The van der Waals surface area contributed by atoms with Crippen molar-refractivity contribution in [3.8, 4) is 6.07 Å². The summed E-state index contributed by atoms with van der Waals surface area (Å²) in [5.41, 5.74) is 2.87. The fraction of sp³-hybridized carbons (Fsp3) is 0.188. The van der Waals surface area contributed by atoms with Gasteiger partial charge in [-0.2, -0.15) is 5.26 Å². The summed E-state index contributed by atoms with van der Waals surface area (Å²) in [4.78, 5) is 2.15. The van der Waals surface area contributed by atoms with Gasteiger partial charge in [0.2, 0.25) is 0 Å². The molecule has 2 aromatic rings. The fourth-order valence-electron chi connectivity index (χ4n) is 2.03. The van der Waals surface area contributed by atoms with E-state index in [2.05, 4.69) is 11.0 Å². The van der Waals surface area contributed by atoms with Crippen molar-refractivity contribution in [2.75, 3.05) is 7.05 Å². The van der Waals surface area contributed by atoms with Crippen molar-refractivity contribution < 1.29 is 0 Å². The van der Waals surface area contributed by atoms with Gasteiger partial charge in [-0.05, 0) is 30.3 Å². The van der Waals surface area contributed by atoms with E-state index in [1.165, 1.54) is 0 Å². The summed E-state index contributed by atoms with van der Waals surface area (Å²) in [6.45, 7) is 1.49. The number of halogens is 1. The molecule has 0 atom stereocenters. The van der Waals surface area contributed by atoms with Crippen molar-refractivity contribution in [2.24, 2.45) is 0 Å². The smallest absolute Gasteiger partial charge is 0.0995 e. The summed E-state index contributed by atoms with van der Waals surface area (Å²) >= 11 is 6.15. The van der Waals surface area contributed by atoms with E-state index in [9.17, 15) is 0 Å². The van der Waals surface area contributed by atoms with Gasteiger partial charge in [-0.15, -0.1) is 0 Å². The van der Waals surface area contributed by atoms with Crippen LogP contribution in [0.3, 0.4) is 0 Å². The number of rotatable bonds is 4. The molecule has 0 aliphatic rings. The maximum absolute atomic E-state index is 9.08. The van der Waals surface area contributed by atoms with Gasteiger partial charge >= 0.3 is 0 Å². The second-order valence-electron chi connectivity index (χ2n) is 4.53. The third-order valence-electron chi connectivity index (χ3n) is 2.98. The van der Waals surface area contributed by atoms with Crippen molar-refractivity contribution in [2.45, 2.75) is 13.1 Å². The molecule has 0 aromatic heterocycles. The Bertz CT molecular complexity index is 602.